The summed E-state index contributed by atoms with van der Waals surface area (Å²) in [5.41, 5.74) is 0.431. The van der Waals surface area contributed by atoms with Gasteiger partial charge in [-0.1, -0.05) is 20.8 Å². The summed E-state index contributed by atoms with van der Waals surface area (Å²) in [6.45, 7) is 17.2. The van der Waals surface area contributed by atoms with Crippen LogP contribution in [0.2, 0.25) is 0 Å². The van der Waals surface area contributed by atoms with Crippen LogP contribution < -0.4 is 0 Å². The average Bonchev–Trinajstić information content (AvgIpc) is 2.56. The fourth-order valence-electron chi connectivity index (χ4n) is 4.36. The summed E-state index contributed by atoms with van der Waals surface area (Å²) >= 11 is 0. The molecule has 2 saturated heterocycles. The Morgan fingerprint density at radius 1 is 0.962 bits per heavy atom. The molecule has 0 aliphatic carbocycles. The van der Waals surface area contributed by atoms with Gasteiger partial charge in [0.05, 0.1) is 0 Å². The van der Waals surface area contributed by atoms with Crippen LogP contribution in [-0.4, -0.2) is 110 Å². The SMILES string of the molecule is CN1CCN(C[SH](C)CCCN(C)C2CCN(CC(C)(C)C)CC2)CC1. The van der Waals surface area contributed by atoms with Crippen LogP contribution in [0.4, 0.5) is 0 Å². The van der Waals surface area contributed by atoms with E-state index in [4.69, 9.17) is 0 Å². The highest BCUT2D eigenvalue weighted by Crippen LogP contribution is 2.24. The molecule has 0 amide bonds. The minimum atomic E-state index is 0.184. The second-order valence-corrected chi connectivity index (χ2v) is 12.5. The van der Waals surface area contributed by atoms with Crippen LogP contribution >= 0.6 is 10.9 Å². The quantitative estimate of drug-likeness (QED) is 0.644. The Labute approximate surface area is 166 Å². The molecule has 0 saturated carbocycles. The highest BCUT2D eigenvalue weighted by molar-refractivity contribution is 8.16. The summed E-state index contributed by atoms with van der Waals surface area (Å²) in [7, 11) is 4.79. The van der Waals surface area contributed by atoms with Crippen molar-refractivity contribution in [3.63, 3.8) is 0 Å². The van der Waals surface area contributed by atoms with Gasteiger partial charge < -0.3 is 14.7 Å². The fraction of sp³-hybridized carbons (Fsp3) is 1.00. The molecule has 0 N–H and O–H groups in total. The van der Waals surface area contributed by atoms with Gasteiger partial charge in [0.1, 0.15) is 0 Å². The second-order valence-electron chi connectivity index (χ2n) is 10.0. The van der Waals surface area contributed by atoms with Gasteiger partial charge in [0, 0.05) is 44.6 Å². The van der Waals surface area contributed by atoms with Crippen molar-refractivity contribution in [2.75, 3.05) is 84.3 Å². The maximum atomic E-state index is 2.69. The van der Waals surface area contributed by atoms with Crippen molar-refractivity contribution >= 4 is 10.9 Å². The van der Waals surface area contributed by atoms with Gasteiger partial charge in [-0.05, 0) is 70.4 Å². The molecule has 0 aromatic carbocycles. The molecule has 0 bridgehead atoms. The topological polar surface area (TPSA) is 13.0 Å². The summed E-state index contributed by atoms with van der Waals surface area (Å²) < 4.78 is 0. The van der Waals surface area contributed by atoms with Crippen LogP contribution in [0.5, 0.6) is 0 Å². The molecule has 156 valence electrons. The molecular weight excluding hydrogens is 340 g/mol. The van der Waals surface area contributed by atoms with E-state index in [1.807, 2.05) is 0 Å². The third kappa shape index (κ3) is 8.47. The fourth-order valence-corrected chi connectivity index (χ4v) is 6.15. The molecule has 1 atom stereocenters. The maximum Gasteiger partial charge on any atom is 0.0265 e. The lowest BCUT2D eigenvalue weighted by atomic mass is 9.94. The van der Waals surface area contributed by atoms with E-state index in [1.54, 1.807) is 0 Å². The molecule has 2 aliphatic heterocycles. The molecule has 0 aromatic heterocycles. The van der Waals surface area contributed by atoms with Crippen LogP contribution in [0.1, 0.15) is 40.0 Å². The van der Waals surface area contributed by atoms with E-state index >= 15 is 0 Å². The second kappa shape index (κ2) is 10.7. The van der Waals surface area contributed by atoms with E-state index in [2.05, 4.69) is 60.7 Å². The minimum Gasteiger partial charge on any atom is -0.304 e. The van der Waals surface area contributed by atoms with E-state index in [0.717, 1.165) is 6.04 Å². The Morgan fingerprint density at radius 2 is 1.58 bits per heavy atom. The summed E-state index contributed by atoms with van der Waals surface area (Å²) in [5.74, 6) is 2.80. The van der Waals surface area contributed by atoms with Crippen LogP contribution in [-0.2, 0) is 0 Å². The van der Waals surface area contributed by atoms with Gasteiger partial charge in [0.2, 0.25) is 0 Å². The first-order valence-corrected chi connectivity index (χ1v) is 12.9. The number of likely N-dealkylation sites (N-methyl/N-ethyl adjacent to an activating group) is 1. The maximum absolute atomic E-state index is 2.69. The number of nitrogens with zero attached hydrogens (tertiary/aromatic N) is 4. The monoisotopic (exact) mass is 386 g/mol. The molecule has 1 unspecified atom stereocenters. The Kier molecular flexibility index (Phi) is 9.21. The molecule has 2 heterocycles. The van der Waals surface area contributed by atoms with E-state index in [1.165, 1.54) is 83.3 Å². The zero-order valence-electron chi connectivity index (χ0n) is 18.5. The van der Waals surface area contributed by atoms with Crippen molar-refractivity contribution in [1.82, 2.24) is 19.6 Å². The van der Waals surface area contributed by atoms with Crippen LogP contribution in [0.15, 0.2) is 0 Å². The van der Waals surface area contributed by atoms with Gasteiger partial charge in [-0.2, -0.15) is 0 Å². The molecule has 2 fully saturated rings. The van der Waals surface area contributed by atoms with E-state index in [9.17, 15) is 0 Å². The normalized spacial score (nSPS) is 24.3. The predicted octanol–water partition coefficient (Wildman–Crippen LogP) is 2.65. The van der Waals surface area contributed by atoms with Gasteiger partial charge in [-0.3, -0.25) is 4.90 Å². The summed E-state index contributed by atoms with van der Waals surface area (Å²) in [5, 5.41) is 0. The van der Waals surface area contributed by atoms with E-state index < -0.39 is 0 Å². The van der Waals surface area contributed by atoms with Gasteiger partial charge in [0.15, 0.2) is 0 Å². The molecule has 0 spiro atoms. The van der Waals surface area contributed by atoms with Crippen molar-refractivity contribution in [3.8, 4) is 0 Å². The molecule has 2 rings (SSSR count). The van der Waals surface area contributed by atoms with Gasteiger partial charge in [-0.25, -0.2) is 10.9 Å². The van der Waals surface area contributed by atoms with E-state index in [-0.39, 0.29) is 10.9 Å². The number of piperazine rings is 1. The number of thiol groups is 1. The lowest BCUT2D eigenvalue weighted by molar-refractivity contribution is 0.103. The lowest BCUT2D eigenvalue weighted by Crippen LogP contribution is -2.46. The molecule has 5 heteroatoms. The van der Waals surface area contributed by atoms with Gasteiger partial charge in [-0.15, -0.1) is 0 Å². The Morgan fingerprint density at radius 3 is 2.15 bits per heavy atom. The first-order chi connectivity index (χ1) is 12.2. The predicted molar refractivity (Wildman–Crippen MR) is 120 cm³/mol. The third-order valence-corrected chi connectivity index (χ3v) is 7.93. The lowest BCUT2D eigenvalue weighted by Gasteiger charge is -2.39. The molecule has 0 aromatic rings. The van der Waals surface area contributed by atoms with Crippen molar-refractivity contribution in [2.45, 2.75) is 46.1 Å². The van der Waals surface area contributed by atoms with Crippen molar-refractivity contribution in [2.24, 2.45) is 5.41 Å². The first kappa shape index (κ1) is 22.5. The number of hydrogen-bond donors (Lipinski definition) is 1. The van der Waals surface area contributed by atoms with Crippen molar-refractivity contribution in [3.05, 3.63) is 0 Å². The molecular formula is C21H46N4S. The smallest absolute Gasteiger partial charge is 0.0265 e. The standard InChI is InChI=1S/C21H46N4S/c1-21(2,3)18-24-11-8-20(9-12-24)23(5)10-7-17-26(6)19-25-15-13-22(4)14-16-25/h20,26H,7-19H2,1-6H3. The van der Waals surface area contributed by atoms with Crippen LogP contribution in [0.3, 0.4) is 0 Å². The number of likely N-dealkylation sites (tertiary alicyclic amines) is 1. The Bertz CT molecular complexity index is 382. The molecule has 26 heavy (non-hydrogen) atoms. The minimum absolute atomic E-state index is 0.184. The zero-order chi connectivity index (χ0) is 19.2. The number of piperidine rings is 1. The Balaban J connectivity index is 1.56. The summed E-state index contributed by atoms with van der Waals surface area (Å²) in [4.78, 5) is 10.5. The number of hydrogen-bond acceptors (Lipinski definition) is 4. The highest BCUT2D eigenvalue weighted by atomic mass is 32.2. The van der Waals surface area contributed by atoms with Crippen molar-refractivity contribution < 1.29 is 0 Å². The average molecular weight is 387 g/mol. The van der Waals surface area contributed by atoms with Crippen molar-refractivity contribution in [1.29, 1.82) is 0 Å². The zero-order valence-corrected chi connectivity index (χ0v) is 19.4. The largest absolute Gasteiger partial charge is 0.304 e. The molecule has 2 aliphatic rings. The molecule has 0 radical (unpaired) electrons. The summed E-state index contributed by atoms with van der Waals surface area (Å²) in [6, 6.07) is 0.812. The number of rotatable bonds is 8. The van der Waals surface area contributed by atoms with Crippen LogP contribution in [0, 0.1) is 5.41 Å². The molecule has 4 nitrogen and oxygen atoms in total. The van der Waals surface area contributed by atoms with Crippen LogP contribution in [0.25, 0.3) is 0 Å². The highest BCUT2D eigenvalue weighted by Gasteiger charge is 2.25. The summed E-state index contributed by atoms with van der Waals surface area (Å²) in [6.07, 6.45) is 6.61. The third-order valence-electron chi connectivity index (χ3n) is 5.97. The van der Waals surface area contributed by atoms with Gasteiger partial charge >= 0.3 is 0 Å². The first-order valence-electron chi connectivity index (χ1n) is 10.7. The van der Waals surface area contributed by atoms with Gasteiger partial charge in [0.25, 0.3) is 0 Å². The van der Waals surface area contributed by atoms with E-state index in [0.29, 0.717) is 5.41 Å². The Hall–Kier alpha value is 0.190.